The minimum Gasteiger partial charge on any atom is -0.377 e. The van der Waals surface area contributed by atoms with E-state index in [4.69, 9.17) is 5.73 Å². The average Bonchev–Trinajstić information content (AvgIpc) is 2.38. The van der Waals surface area contributed by atoms with Gasteiger partial charge in [-0.2, -0.15) is 0 Å². The maximum absolute atomic E-state index is 12.1. The highest BCUT2D eigenvalue weighted by Crippen LogP contribution is 2.25. The molecule has 106 valence electrons. The van der Waals surface area contributed by atoms with Crippen molar-refractivity contribution < 1.29 is 4.79 Å². The number of hydrogen-bond acceptors (Lipinski definition) is 3. The molecule has 19 heavy (non-hydrogen) atoms. The second-order valence-electron chi connectivity index (χ2n) is 5.24. The van der Waals surface area contributed by atoms with E-state index in [1.165, 1.54) is 0 Å². The fourth-order valence-corrected chi connectivity index (χ4v) is 1.97. The van der Waals surface area contributed by atoms with E-state index >= 15 is 0 Å². The highest BCUT2D eigenvalue weighted by Gasteiger charge is 2.20. The average molecular weight is 263 g/mol. The molecule has 0 saturated carbocycles. The van der Waals surface area contributed by atoms with Crippen LogP contribution in [0.1, 0.15) is 25.8 Å². The molecular formula is C15H25N3O. The summed E-state index contributed by atoms with van der Waals surface area (Å²) >= 11 is 0. The van der Waals surface area contributed by atoms with Gasteiger partial charge < -0.3 is 16.0 Å². The first-order chi connectivity index (χ1) is 8.88. The molecule has 1 aromatic rings. The molecule has 0 fully saturated rings. The molecule has 3 N–H and O–H groups in total. The summed E-state index contributed by atoms with van der Waals surface area (Å²) in [4.78, 5) is 14.1. The predicted octanol–water partition coefficient (Wildman–Crippen LogP) is 2.37. The number of carbonyl (C=O) groups is 1. The highest BCUT2D eigenvalue weighted by atomic mass is 16.2. The quantitative estimate of drug-likeness (QED) is 0.857. The van der Waals surface area contributed by atoms with E-state index in [1.54, 1.807) is 0 Å². The number of nitrogens with two attached hydrogens (primary N) is 1. The number of nitrogens with one attached hydrogen (secondary N) is 1. The van der Waals surface area contributed by atoms with Crippen LogP contribution in [0.25, 0.3) is 0 Å². The predicted molar refractivity (Wildman–Crippen MR) is 81.6 cm³/mol. The summed E-state index contributed by atoms with van der Waals surface area (Å²) in [6, 6.07) is 5.41. The van der Waals surface area contributed by atoms with Crippen molar-refractivity contribution in [2.45, 2.75) is 33.2 Å². The lowest BCUT2D eigenvalue weighted by molar-refractivity contribution is -0.118. The van der Waals surface area contributed by atoms with Crippen molar-refractivity contribution in [1.29, 1.82) is 0 Å². The van der Waals surface area contributed by atoms with Gasteiger partial charge in [0.2, 0.25) is 5.91 Å². The summed E-state index contributed by atoms with van der Waals surface area (Å²) in [6.07, 6.45) is 0.894. The zero-order chi connectivity index (χ0) is 14.6. The van der Waals surface area contributed by atoms with Crippen molar-refractivity contribution in [2.24, 2.45) is 11.7 Å². The van der Waals surface area contributed by atoms with Crippen molar-refractivity contribution in [1.82, 2.24) is 0 Å². The Morgan fingerprint density at radius 1 is 1.42 bits per heavy atom. The molecule has 0 aliphatic rings. The van der Waals surface area contributed by atoms with Crippen LogP contribution >= 0.6 is 0 Å². The second kappa shape index (κ2) is 6.57. The largest absolute Gasteiger partial charge is 0.377 e. The molecule has 4 nitrogen and oxygen atoms in total. The molecule has 0 spiro atoms. The monoisotopic (exact) mass is 263 g/mol. The topological polar surface area (TPSA) is 58.4 Å². The Morgan fingerprint density at radius 2 is 2.05 bits per heavy atom. The van der Waals surface area contributed by atoms with Gasteiger partial charge in [-0.25, -0.2) is 0 Å². The van der Waals surface area contributed by atoms with E-state index in [9.17, 15) is 4.79 Å². The molecule has 2 unspecified atom stereocenters. The fourth-order valence-electron chi connectivity index (χ4n) is 1.97. The molecule has 1 rings (SSSR count). The first-order valence-corrected chi connectivity index (χ1v) is 6.71. The maximum atomic E-state index is 12.1. The van der Waals surface area contributed by atoms with Crippen LogP contribution in [0.2, 0.25) is 0 Å². The molecule has 1 amide bonds. The fraction of sp³-hybridized carbons (Fsp3) is 0.533. The van der Waals surface area contributed by atoms with Crippen LogP contribution in [-0.2, 0) is 4.79 Å². The van der Waals surface area contributed by atoms with Crippen LogP contribution < -0.4 is 16.0 Å². The van der Waals surface area contributed by atoms with Gasteiger partial charge in [-0.15, -0.1) is 0 Å². The smallest absolute Gasteiger partial charge is 0.241 e. The second-order valence-corrected chi connectivity index (χ2v) is 5.24. The van der Waals surface area contributed by atoms with Crippen molar-refractivity contribution >= 4 is 17.3 Å². The number of amides is 1. The maximum Gasteiger partial charge on any atom is 0.241 e. The summed E-state index contributed by atoms with van der Waals surface area (Å²) in [6.45, 7) is 6.03. The van der Waals surface area contributed by atoms with E-state index in [0.717, 1.165) is 23.4 Å². The van der Waals surface area contributed by atoms with Crippen molar-refractivity contribution in [2.75, 3.05) is 24.3 Å². The lowest BCUT2D eigenvalue weighted by Crippen LogP contribution is -2.40. The highest BCUT2D eigenvalue weighted by molar-refractivity contribution is 5.96. The Hall–Kier alpha value is -1.55. The molecule has 0 radical (unpaired) electrons. The first-order valence-electron chi connectivity index (χ1n) is 6.71. The standard InChI is InChI=1S/C15H25N3O/c1-6-10(2)14(16)15(19)17-12-8-7-9-13(11(12)3)18(4)5/h7-10,14H,6,16H2,1-5H3,(H,17,19). The van der Waals surface area contributed by atoms with Crippen LogP contribution in [0.15, 0.2) is 18.2 Å². The third-order valence-corrected chi connectivity index (χ3v) is 3.60. The Balaban J connectivity index is 2.89. The molecule has 0 bridgehead atoms. The number of nitrogens with zero attached hydrogens (tertiary/aromatic N) is 1. The Kier molecular flexibility index (Phi) is 5.36. The zero-order valence-electron chi connectivity index (χ0n) is 12.5. The SMILES string of the molecule is CCC(C)C(N)C(=O)Nc1cccc(N(C)C)c1C. The van der Waals surface area contributed by atoms with Gasteiger partial charge in [0.15, 0.2) is 0 Å². The van der Waals surface area contributed by atoms with Gasteiger partial charge in [0, 0.05) is 25.5 Å². The molecule has 0 heterocycles. The van der Waals surface area contributed by atoms with Gasteiger partial charge >= 0.3 is 0 Å². The minimum atomic E-state index is -0.465. The number of carbonyl (C=O) groups excluding carboxylic acids is 1. The van der Waals surface area contributed by atoms with Crippen LogP contribution in [0.3, 0.4) is 0 Å². The number of hydrogen-bond donors (Lipinski definition) is 2. The molecule has 0 aliphatic heterocycles. The number of benzene rings is 1. The van der Waals surface area contributed by atoms with E-state index < -0.39 is 6.04 Å². The number of rotatable bonds is 5. The third kappa shape index (κ3) is 3.70. The summed E-state index contributed by atoms with van der Waals surface area (Å²) in [5.41, 5.74) is 8.92. The molecule has 4 heteroatoms. The van der Waals surface area contributed by atoms with Crippen molar-refractivity contribution in [3.8, 4) is 0 Å². The Labute approximate surface area is 116 Å². The van der Waals surface area contributed by atoms with Gasteiger partial charge in [0.05, 0.1) is 6.04 Å². The molecule has 0 saturated heterocycles. The Morgan fingerprint density at radius 3 is 2.58 bits per heavy atom. The van der Waals surface area contributed by atoms with Crippen LogP contribution in [-0.4, -0.2) is 26.0 Å². The van der Waals surface area contributed by atoms with E-state index in [2.05, 4.69) is 5.32 Å². The normalized spacial score (nSPS) is 13.8. The summed E-state index contributed by atoms with van der Waals surface area (Å²) in [5.74, 6) is 0.0608. The van der Waals surface area contributed by atoms with Crippen molar-refractivity contribution in [3.63, 3.8) is 0 Å². The molecule has 0 aromatic heterocycles. The lowest BCUT2D eigenvalue weighted by Gasteiger charge is -2.21. The summed E-state index contributed by atoms with van der Waals surface area (Å²) in [7, 11) is 3.97. The van der Waals surface area contributed by atoms with Gasteiger partial charge in [0.1, 0.15) is 0 Å². The summed E-state index contributed by atoms with van der Waals surface area (Å²) in [5, 5.41) is 2.93. The van der Waals surface area contributed by atoms with Gasteiger partial charge in [0.25, 0.3) is 0 Å². The molecule has 0 aliphatic carbocycles. The molecule has 2 atom stereocenters. The van der Waals surface area contributed by atoms with E-state index in [-0.39, 0.29) is 11.8 Å². The number of anilines is 2. The van der Waals surface area contributed by atoms with Crippen LogP contribution in [0.4, 0.5) is 11.4 Å². The minimum absolute atomic E-state index is 0.117. The van der Waals surface area contributed by atoms with Gasteiger partial charge in [-0.05, 0) is 30.5 Å². The third-order valence-electron chi connectivity index (χ3n) is 3.60. The molecule has 1 aromatic carbocycles. The van der Waals surface area contributed by atoms with Crippen molar-refractivity contribution in [3.05, 3.63) is 23.8 Å². The zero-order valence-corrected chi connectivity index (χ0v) is 12.5. The van der Waals surface area contributed by atoms with Gasteiger partial charge in [-0.1, -0.05) is 26.3 Å². The first kappa shape index (κ1) is 15.5. The van der Waals surface area contributed by atoms with E-state index in [1.807, 2.05) is 58.0 Å². The van der Waals surface area contributed by atoms with Crippen LogP contribution in [0.5, 0.6) is 0 Å². The van der Waals surface area contributed by atoms with E-state index in [0.29, 0.717) is 0 Å². The van der Waals surface area contributed by atoms with Crippen LogP contribution in [0, 0.1) is 12.8 Å². The Bertz CT molecular complexity index is 443. The molecular weight excluding hydrogens is 238 g/mol. The van der Waals surface area contributed by atoms with Gasteiger partial charge in [-0.3, -0.25) is 4.79 Å². The summed E-state index contributed by atoms with van der Waals surface area (Å²) < 4.78 is 0. The lowest BCUT2D eigenvalue weighted by atomic mass is 9.99.